The standard InChI is InChI=1S/C28H49NO4S/c1-7-29(8-2)18-20-32-27(31)21-25(30)26-15-16-28(34-26)33-19-17-24(6)14-10-13-23(5)12-9-11-22(3)4/h15-16,22-24H,7-14,17-21H2,1-6H3. The molecule has 1 aromatic rings. The second kappa shape index (κ2) is 18.0. The molecule has 0 aromatic carbocycles. The molecule has 196 valence electrons. The number of Topliss-reactive ketones (excluding diaryl/α,β-unsaturated/α-hetero) is 1. The minimum Gasteiger partial charge on any atom is -0.484 e. The maximum Gasteiger partial charge on any atom is 0.313 e. The first-order chi connectivity index (χ1) is 16.2. The molecule has 0 N–H and O–H groups in total. The van der Waals surface area contributed by atoms with Crippen LogP contribution in [0.3, 0.4) is 0 Å². The molecule has 0 spiro atoms. The largest absolute Gasteiger partial charge is 0.484 e. The predicted molar refractivity (Wildman–Crippen MR) is 143 cm³/mol. The van der Waals surface area contributed by atoms with E-state index in [1.165, 1.54) is 49.9 Å². The lowest BCUT2D eigenvalue weighted by atomic mass is 9.93. The fraction of sp³-hybridized carbons (Fsp3) is 0.786. The summed E-state index contributed by atoms with van der Waals surface area (Å²) >= 11 is 1.31. The zero-order chi connectivity index (χ0) is 25.3. The Balaban J connectivity index is 2.21. The molecule has 6 heteroatoms. The summed E-state index contributed by atoms with van der Waals surface area (Å²) in [6.07, 6.45) is 8.68. The van der Waals surface area contributed by atoms with E-state index >= 15 is 0 Å². The lowest BCUT2D eigenvalue weighted by Gasteiger charge is -2.17. The molecular weight excluding hydrogens is 446 g/mol. The van der Waals surface area contributed by atoms with Gasteiger partial charge in [-0.2, -0.15) is 0 Å². The van der Waals surface area contributed by atoms with E-state index in [0.29, 0.717) is 30.6 Å². The van der Waals surface area contributed by atoms with Crippen LogP contribution < -0.4 is 4.74 Å². The minimum atomic E-state index is -0.462. The molecule has 0 bridgehead atoms. The van der Waals surface area contributed by atoms with Crippen molar-refractivity contribution in [2.45, 2.75) is 92.9 Å². The first-order valence-corrected chi connectivity index (χ1v) is 14.2. The van der Waals surface area contributed by atoms with Crippen molar-refractivity contribution in [3.05, 3.63) is 17.0 Å². The van der Waals surface area contributed by atoms with Gasteiger partial charge in [0.05, 0.1) is 11.5 Å². The van der Waals surface area contributed by atoms with E-state index in [-0.39, 0.29) is 12.2 Å². The van der Waals surface area contributed by atoms with Gasteiger partial charge in [0.25, 0.3) is 0 Å². The Bertz CT molecular complexity index is 684. The molecule has 0 saturated carbocycles. The van der Waals surface area contributed by atoms with Gasteiger partial charge in [-0.1, -0.05) is 91.4 Å². The number of thiophene rings is 1. The number of carbonyl (C=O) groups is 2. The number of hydrogen-bond acceptors (Lipinski definition) is 6. The van der Waals surface area contributed by atoms with Crippen molar-refractivity contribution >= 4 is 23.1 Å². The van der Waals surface area contributed by atoms with E-state index in [9.17, 15) is 9.59 Å². The number of nitrogens with zero attached hydrogens (tertiary/aromatic N) is 1. The highest BCUT2D eigenvalue weighted by Gasteiger charge is 2.16. The van der Waals surface area contributed by atoms with Gasteiger partial charge in [-0.05, 0) is 49.4 Å². The number of likely N-dealkylation sites (N-methyl/N-ethyl adjacent to an activating group) is 1. The van der Waals surface area contributed by atoms with Crippen LogP contribution >= 0.6 is 11.3 Å². The number of ether oxygens (including phenoxy) is 2. The van der Waals surface area contributed by atoms with Crippen LogP contribution in [0.5, 0.6) is 5.06 Å². The topological polar surface area (TPSA) is 55.8 Å². The van der Waals surface area contributed by atoms with Gasteiger partial charge >= 0.3 is 5.97 Å². The van der Waals surface area contributed by atoms with Crippen LogP contribution in [0, 0.1) is 17.8 Å². The summed E-state index contributed by atoms with van der Waals surface area (Å²) in [5.74, 6) is 1.60. The normalized spacial score (nSPS) is 13.3. The van der Waals surface area contributed by atoms with Crippen molar-refractivity contribution in [1.29, 1.82) is 0 Å². The Hall–Kier alpha value is -1.40. The second-order valence-electron chi connectivity index (χ2n) is 10.1. The van der Waals surface area contributed by atoms with E-state index < -0.39 is 5.97 Å². The average molecular weight is 496 g/mol. The van der Waals surface area contributed by atoms with E-state index in [1.54, 1.807) is 6.07 Å². The van der Waals surface area contributed by atoms with Gasteiger partial charge in [0, 0.05) is 6.54 Å². The summed E-state index contributed by atoms with van der Waals surface area (Å²) in [5, 5.41) is 0.740. The molecule has 1 rings (SSSR count). The maximum atomic E-state index is 12.4. The highest BCUT2D eigenvalue weighted by atomic mass is 32.1. The van der Waals surface area contributed by atoms with Gasteiger partial charge in [-0.3, -0.25) is 9.59 Å². The van der Waals surface area contributed by atoms with Crippen LogP contribution in [-0.4, -0.2) is 49.5 Å². The molecule has 0 aliphatic rings. The van der Waals surface area contributed by atoms with Crippen LogP contribution in [0.4, 0.5) is 0 Å². The number of carbonyl (C=O) groups excluding carboxylic acids is 2. The smallest absolute Gasteiger partial charge is 0.313 e. The molecule has 2 unspecified atom stereocenters. The number of hydrogen-bond donors (Lipinski definition) is 0. The lowest BCUT2D eigenvalue weighted by Crippen LogP contribution is -2.28. The van der Waals surface area contributed by atoms with Gasteiger partial charge < -0.3 is 14.4 Å². The summed E-state index contributed by atoms with van der Waals surface area (Å²) in [4.78, 5) is 27.1. The minimum absolute atomic E-state index is 0.205. The quantitative estimate of drug-likeness (QED) is 0.108. The molecule has 0 amide bonds. The van der Waals surface area contributed by atoms with E-state index in [4.69, 9.17) is 9.47 Å². The van der Waals surface area contributed by atoms with Gasteiger partial charge in [-0.15, -0.1) is 0 Å². The third kappa shape index (κ3) is 14.1. The zero-order valence-electron chi connectivity index (χ0n) is 22.6. The van der Waals surface area contributed by atoms with Gasteiger partial charge in [0.2, 0.25) is 0 Å². The van der Waals surface area contributed by atoms with E-state index in [0.717, 1.165) is 36.4 Å². The molecule has 1 aromatic heterocycles. The highest BCUT2D eigenvalue weighted by Crippen LogP contribution is 2.26. The SMILES string of the molecule is CCN(CC)CCOC(=O)CC(=O)c1ccc(OCCC(C)CCCC(C)CCCC(C)C)s1. The fourth-order valence-corrected chi connectivity index (χ4v) is 4.80. The molecule has 0 fully saturated rings. The van der Waals surface area contributed by atoms with Gasteiger partial charge in [0.15, 0.2) is 10.8 Å². The third-order valence-corrected chi connectivity index (χ3v) is 7.49. The zero-order valence-corrected chi connectivity index (χ0v) is 23.4. The van der Waals surface area contributed by atoms with Crippen molar-refractivity contribution in [2.24, 2.45) is 17.8 Å². The molecule has 34 heavy (non-hydrogen) atoms. The lowest BCUT2D eigenvalue weighted by molar-refractivity contribution is -0.142. The predicted octanol–water partition coefficient (Wildman–Crippen LogP) is 7.24. The van der Waals surface area contributed by atoms with Crippen molar-refractivity contribution in [1.82, 2.24) is 4.90 Å². The Morgan fingerprint density at radius 3 is 2.12 bits per heavy atom. The van der Waals surface area contributed by atoms with Crippen LogP contribution in [0.15, 0.2) is 12.1 Å². The van der Waals surface area contributed by atoms with Crippen molar-refractivity contribution < 1.29 is 19.1 Å². The summed E-state index contributed by atoms with van der Waals surface area (Å²) in [5.41, 5.74) is 0. The highest BCUT2D eigenvalue weighted by molar-refractivity contribution is 7.15. The molecule has 0 radical (unpaired) electrons. The molecule has 0 aliphatic carbocycles. The van der Waals surface area contributed by atoms with Crippen molar-refractivity contribution in [2.75, 3.05) is 32.8 Å². The van der Waals surface area contributed by atoms with Crippen molar-refractivity contribution in [3.8, 4) is 5.06 Å². The summed E-state index contributed by atoms with van der Waals surface area (Å²) in [6.45, 7) is 16.9. The second-order valence-corrected chi connectivity index (χ2v) is 11.1. The first-order valence-electron chi connectivity index (χ1n) is 13.4. The molecule has 1 heterocycles. The maximum absolute atomic E-state index is 12.4. The van der Waals surface area contributed by atoms with Crippen LogP contribution in [0.1, 0.15) is 103 Å². The molecule has 0 saturated heterocycles. The summed E-state index contributed by atoms with van der Waals surface area (Å²) in [6, 6.07) is 3.57. The fourth-order valence-electron chi connectivity index (χ4n) is 3.98. The number of ketones is 1. The van der Waals surface area contributed by atoms with Crippen LogP contribution in [0.25, 0.3) is 0 Å². The van der Waals surface area contributed by atoms with Crippen molar-refractivity contribution in [3.63, 3.8) is 0 Å². The average Bonchev–Trinajstić information content (AvgIpc) is 3.25. The van der Waals surface area contributed by atoms with Crippen LogP contribution in [0.2, 0.25) is 0 Å². The van der Waals surface area contributed by atoms with Gasteiger partial charge in [-0.25, -0.2) is 0 Å². The monoisotopic (exact) mass is 495 g/mol. The van der Waals surface area contributed by atoms with E-state index in [1.807, 2.05) is 6.07 Å². The van der Waals surface area contributed by atoms with E-state index in [2.05, 4.69) is 46.4 Å². The summed E-state index contributed by atoms with van der Waals surface area (Å²) in [7, 11) is 0. The summed E-state index contributed by atoms with van der Waals surface area (Å²) < 4.78 is 11.1. The Morgan fingerprint density at radius 1 is 0.882 bits per heavy atom. The molecular formula is C28H49NO4S. The number of esters is 1. The Morgan fingerprint density at radius 2 is 1.50 bits per heavy atom. The Kier molecular flexibility index (Phi) is 16.2. The molecule has 2 atom stereocenters. The Labute approximate surface area is 212 Å². The first kappa shape index (κ1) is 30.6. The number of rotatable bonds is 20. The molecule has 0 aliphatic heterocycles. The third-order valence-electron chi connectivity index (χ3n) is 6.45. The van der Waals surface area contributed by atoms with Crippen LogP contribution in [-0.2, 0) is 9.53 Å². The van der Waals surface area contributed by atoms with Gasteiger partial charge in [0.1, 0.15) is 13.0 Å². The molecule has 5 nitrogen and oxygen atoms in total.